The lowest BCUT2D eigenvalue weighted by Crippen LogP contribution is -2.58. The molecule has 0 aromatic carbocycles. The predicted octanol–water partition coefficient (Wildman–Crippen LogP) is 1.54. The zero-order valence-corrected chi connectivity index (χ0v) is 12.2. The van der Waals surface area contributed by atoms with Gasteiger partial charge in [-0.3, -0.25) is 4.79 Å². The predicted molar refractivity (Wildman–Crippen MR) is 73.6 cm³/mol. The van der Waals surface area contributed by atoms with E-state index in [0.29, 0.717) is 19.8 Å². The molecule has 3 unspecified atom stereocenters. The quantitative estimate of drug-likeness (QED) is 0.835. The first kappa shape index (κ1) is 15.1. The van der Waals surface area contributed by atoms with Crippen LogP contribution in [0.25, 0.3) is 0 Å². The number of nitrogens with zero attached hydrogens (tertiary/aromatic N) is 2. The van der Waals surface area contributed by atoms with Crippen LogP contribution in [0.1, 0.15) is 39.5 Å². The molecule has 0 bridgehead atoms. The molecule has 2 amide bonds. The zero-order chi connectivity index (χ0) is 14.7. The molecule has 2 rings (SSSR count). The summed E-state index contributed by atoms with van der Waals surface area (Å²) >= 11 is 0. The first-order valence-electron chi connectivity index (χ1n) is 7.39. The smallest absolute Gasteiger partial charge is 0.320 e. The topological polar surface area (TPSA) is 70.1 Å². The summed E-state index contributed by atoms with van der Waals surface area (Å²) in [5.74, 6) is -0.891. The number of carbonyl (C=O) groups is 2. The van der Waals surface area contributed by atoms with Gasteiger partial charge in [0, 0.05) is 18.6 Å². The van der Waals surface area contributed by atoms with Gasteiger partial charge in [0.15, 0.2) is 0 Å². The van der Waals surface area contributed by atoms with Crippen molar-refractivity contribution in [2.45, 2.75) is 57.7 Å². The van der Waals surface area contributed by atoms with E-state index in [0.717, 1.165) is 19.3 Å². The zero-order valence-electron chi connectivity index (χ0n) is 12.2. The van der Waals surface area contributed by atoms with Crippen LogP contribution in [0.4, 0.5) is 4.79 Å². The molecule has 3 atom stereocenters. The van der Waals surface area contributed by atoms with Crippen molar-refractivity contribution in [3.63, 3.8) is 0 Å². The van der Waals surface area contributed by atoms with Crippen LogP contribution in [0.15, 0.2) is 0 Å². The molecule has 20 heavy (non-hydrogen) atoms. The van der Waals surface area contributed by atoms with Crippen molar-refractivity contribution < 1.29 is 19.4 Å². The number of piperidine rings is 1. The summed E-state index contributed by atoms with van der Waals surface area (Å²) in [6.45, 7) is 5.42. The number of rotatable bonds is 2. The summed E-state index contributed by atoms with van der Waals surface area (Å²) in [5, 5.41) is 8.97. The number of carbonyl (C=O) groups excluding carboxylic acids is 1. The van der Waals surface area contributed by atoms with E-state index in [9.17, 15) is 9.59 Å². The molecular weight excluding hydrogens is 260 g/mol. The number of carboxylic acids is 1. The Balaban J connectivity index is 2.10. The number of ether oxygens (including phenoxy) is 1. The maximum absolute atomic E-state index is 12.8. The number of hydrogen-bond acceptors (Lipinski definition) is 3. The van der Waals surface area contributed by atoms with Gasteiger partial charge in [0.05, 0.1) is 25.7 Å². The maximum atomic E-state index is 12.8. The summed E-state index contributed by atoms with van der Waals surface area (Å²) in [4.78, 5) is 27.3. The van der Waals surface area contributed by atoms with Crippen LogP contribution >= 0.6 is 0 Å². The molecule has 6 nitrogen and oxygen atoms in total. The number of carboxylic acid groups (broad SMARTS) is 1. The monoisotopic (exact) mass is 284 g/mol. The van der Waals surface area contributed by atoms with Crippen LogP contribution in [0.3, 0.4) is 0 Å². The lowest BCUT2D eigenvalue weighted by atomic mass is 9.98. The number of likely N-dealkylation sites (tertiary alicyclic amines) is 1. The summed E-state index contributed by atoms with van der Waals surface area (Å²) < 4.78 is 5.33. The fraction of sp³-hybridized carbons (Fsp3) is 0.857. The van der Waals surface area contributed by atoms with Gasteiger partial charge in [-0.05, 0) is 33.1 Å². The van der Waals surface area contributed by atoms with E-state index in [1.54, 1.807) is 4.90 Å². The Kier molecular flexibility index (Phi) is 4.86. The van der Waals surface area contributed by atoms with Crippen molar-refractivity contribution in [3.05, 3.63) is 0 Å². The molecule has 2 heterocycles. The van der Waals surface area contributed by atoms with Gasteiger partial charge in [0.2, 0.25) is 0 Å². The normalized spacial score (nSPS) is 31.2. The summed E-state index contributed by atoms with van der Waals surface area (Å²) in [6.07, 6.45) is 3.13. The molecule has 6 heteroatoms. The number of morpholine rings is 1. The summed E-state index contributed by atoms with van der Waals surface area (Å²) in [7, 11) is 0. The van der Waals surface area contributed by atoms with E-state index in [-0.39, 0.29) is 30.6 Å². The minimum atomic E-state index is -0.891. The molecule has 0 aliphatic carbocycles. The molecule has 2 aliphatic heterocycles. The Bertz CT molecular complexity index is 364. The van der Waals surface area contributed by atoms with Crippen molar-refractivity contribution in [1.82, 2.24) is 9.80 Å². The van der Waals surface area contributed by atoms with Gasteiger partial charge in [-0.1, -0.05) is 0 Å². The highest BCUT2D eigenvalue weighted by atomic mass is 16.5. The van der Waals surface area contributed by atoms with Crippen molar-refractivity contribution in [3.8, 4) is 0 Å². The lowest BCUT2D eigenvalue weighted by molar-refractivity contribution is -0.139. The molecular formula is C14H24N2O4. The number of amides is 2. The van der Waals surface area contributed by atoms with Crippen LogP contribution in [0.5, 0.6) is 0 Å². The molecule has 2 aliphatic rings. The second-order valence-electron chi connectivity index (χ2n) is 5.84. The third-order valence-corrected chi connectivity index (χ3v) is 4.30. The molecule has 0 spiro atoms. The largest absolute Gasteiger partial charge is 0.481 e. The van der Waals surface area contributed by atoms with Crippen LogP contribution < -0.4 is 0 Å². The van der Waals surface area contributed by atoms with E-state index in [4.69, 9.17) is 9.84 Å². The van der Waals surface area contributed by atoms with Gasteiger partial charge >= 0.3 is 12.0 Å². The highest BCUT2D eigenvalue weighted by molar-refractivity contribution is 5.77. The first-order chi connectivity index (χ1) is 9.50. The molecule has 114 valence electrons. The van der Waals surface area contributed by atoms with Gasteiger partial charge in [-0.15, -0.1) is 0 Å². The molecule has 0 saturated carbocycles. The minimum absolute atomic E-state index is 0.0285. The van der Waals surface area contributed by atoms with Gasteiger partial charge < -0.3 is 19.6 Å². The summed E-state index contributed by atoms with van der Waals surface area (Å²) in [5.41, 5.74) is 0. The third kappa shape index (κ3) is 3.23. The Morgan fingerprint density at radius 3 is 2.50 bits per heavy atom. The van der Waals surface area contributed by atoms with E-state index < -0.39 is 5.97 Å². The Labute approximate surface area is 119 Å². The average Bonchev–Trinajstić information content (AvgIpc) is 2.38. The van der Waals surface area contributed by atoms with E-state index in [2.05, 4.69) is 13.8 Å². The second kappa shape index (κ2) is 6.43. The van der Waals surface area contributed by atoms with Gasteiger partial charge in [0.1, 0.15) is 0 Å². The number of urea groups is 1. The van der Waals surface area contributed by atoms with Crippen LogP contribution in [0.2, 0.25) is 0 Å². The Morgan fingerprint density at radius 1 is 1.25 bits per heavy atom. The SMILES string of the molecule is CC1CCCC(C)N1C(=O)N1CCOCC1CC(=O)O. The fourth-order valence-electron chi connectivity index (χ4n) is 3.22. The highest BCUT2D eigenvalue weighted by Gasteiger charge is 2.36. The number of hydrogen-bond donors (Lipinski definition) is 1. The lowest BCUT2D eigenvalue weighted by Gasteiger charge is -2.44. The minimum Gasteiger partial charge on any atom is -0.481 e. The molecule has 2 fully saturated rings. The molecule has 0 aromatic heterocycles. The van der Waals surface area contributed by atoms with Crippen LogP contribution in [0, 0.1) is 0 Å². The van der Waals surface area contributed by atoms with Crippen molar-refractivity contribution in [1.29, 1.82) is 0 Å². The molecule has 0 aromatic rings. The van der Waals surface area contributed by atoms with Crippen molar-refractivity contribution in [2.24, 2.45) is 0 Å². The first-order valence-corrected chi connectivity index (χ1v) is 7.39. The molecule has 2 saturated heterocycles. The van der Waals surface area contributed by atoms with Gasteiger partial charge in [0.25, 0.3) is 0 Å². The van der Waals surface area contributed by atoms with Gasteiger partial charge in [-0.25, -0.2) is 4.79 Å². The molecule has 0 radical (unpaired) electrons. The standard InChI is InChI=1S/C14H24N2O4/c1-10-4-3-5-11(2)16(10)14(19)15-6-7-20-9-12(15)8-13(17)18/h10-12H,3-9H2,1-2H3,(H,17,18). The average molecular weight is 284 g/mol. The van der Waals surface area contributed by atoms with Crippen LogP contribution in [-0.4, -0.2) is 64.8 Å². The molecule has 1 N–H and O–H groups in total. The third-order valence-electron chi connectivity index (χ3n) is 4.30. The Hall–Kier alpha value is -1.30. The van der Waals surface area contributed by atoms with E-state index in [1.807, 2.05) is 4.90 Å². The summed E-state index contributed by atoms with van der Waals surface area (Å²) in [6, 6.07) is 0.0634. The highest BCUT2D eigenvalue weighted by Crippen LogP contribution is 2.25. The van der Waals surface area contributed by atoms with Gasteiger partial charge in [-0.2, -0.15) is 0 Å². The van der Waals surface area contributed by atoms with E-state index >= 15 is 0 Å². The second-order valence-corrected chi connectivity index (χ2v) is 5.84. The maximum Gasteiger partial charge on any atom is 0.320 e. The fourth-order valence-corrected chi connectivity index (χ4v) is 3.22. The Morgan fingerprint density at radius 2 is 1.90 bits per heavy atom. The number of aliphatic carboxylic acids is 1. The van der Waals surface area contributed by atoms with Crippen molar-refractivity contribution in [2.75, 3.05) is 19.8 Å². The van der Waals surface area contributed by atoms with Crippen LogP contribution in [-0.2, 0) is 9.53 Å². The van der Waals surface area contributed by atoms with Crippen molar-refractivity contribution >= 4 is 12.0 Å². The van der Waals surface area contributed by atoms with E-state index in [1.165, 1.54) is 0 Å².